The molecule has 0 fully saturated rings. The summed E-state index contributed by atoms with van der Waals surface area (Å²) in [4.78, 5) is 13.9. The van der Waals surface area contributed by atoms with Crippen molar-refractivity contribution in [3.05, 3.63) is 29.8 Å². The highest BCUT2D eigenvalue weighted by atomic mass is 16.5. The molecule has 0 saturated heterocycles. The molecule has 1 aromatic rings. The zero-order valence-corrected chi connectivity index (χ0v) is 12.4. The van der Waals surface area contributed by atoms with Crippen molar-refractivity contribution in [1.82, 2.24) is 4.90 Å². The molecule has 20 heavy (non-hydrogen) atoms. The third kappa shape index (κ3) is 5.19. The molecule has 1 rings (SSSR count). The zero-order chi connectivity index (χ0) is 15.2. The van der Waals surface area contributed by atoms with Crippen molar-refractivity contribution in [1.29, 1.82) is 0 Å². The van der Waals surface area contributed by atoms with Crippen LogP contribution in [0.1, 0.15) is 25.8 Å². The quantitative estimate of drug-likeness (QED) is 0.785. The van der Waals surface area contributed by atoms with Gasteiger partial charge in [-0.3, -0.25) is 4.79 Å². The Kier molecular flexibility index (Phi) is 5.98. The van der Waals surface area contributed by atoms with E-state index in [4.69, 9.17) is 15.6 Å². The number of hydrogen-bond donors (Lipinski definition) is 2. The molecule has 0 aliphatic rings. The molecule has 112 valence electrons. The molecule has 0 unspecified atom stereocenters. The Morgan fingerprint density at radius 1 is 1.40 bits per heavy atom. The number of carbonyl (C=O) groups is 1. The highest BCUT2D eigenvalue weighted by molar-refractivity contribution is 5.77. The molecule has 0 aliphatic heterocycles. The first-order valence-corrected chi connectivity index (χ1v) is 6.67. The Morgan fingerprint density at radius 2 is 2.05 bits per heavy atom. The third-order valence-electron chi connectivity index (χ3n) is 2.88. The van der Waals surface area contributed by atoms with Crippen molar-refractivity contribution in [2.24, 2.45) is 5.73 Å². The number of aliphatic hydroxyl groups excluding tert-OH is 1. The van der Waals surface area contributed by atoms with Gasteiger partial charge < -0.3 is 20.5 Å². The van der Waals surface area contributed by atoms with Crippen LogP contribution in [0.25, 0.3) is 0 Å². The van der Waals surface area contributed by atoms with Crippen molar-refractivity contribution < 1.29 is 14.6 Å². The van der Waals surface area contributed by atoms with Gasteiger partial charge in [0.15, 0.2) is 0 Å². The summed E-state index contributed by atoms with van der Waals surface area (Å²) >= 11 is 0. The van der Waals surface area contributed by atoms with Crippen LogP contribution < -0.4 is 10.5 Å². The second-order valence-corrected chi connectivity index (χ2v) is 5.52. The van der Waals surface area contributed by atoms with Crippen molar-refractivity contribution in [2.45, 2.75) is 32.4 Å². The van der Waals surface area contributed by atoms with Gasteiger partial charge in [0, 0.05) is 30.6 Å². The number of ether oxygens (including phenoxy) is 1. The largest absolute Gasteiger partial charge is 0.496 e. The molecule has 0 aliphatic carbocycles. The number of hydrogen-bond acceptors (Lipinski definition) is 4. The second kappa shape index (κ2) is 7.26. The smallest absolute Gasteiger partial charge is 0.224 e. The third-order valence-corrected chi connectivity index (χ3v) is 2.88. The van der Waals surface area contributed by atoms with Crippen LogP contribution in [0, 0.1) is 0 Å². The van der Waals surface area contributed by atoms with E-state index in [0.717, 1.165) is 11.3 Å². The minimum atomic E-state index is -0.564. The van der Waals surface area contributed by atoms with Crippen LogP contribution in [0.15, 0.2) is 24.3 Å². The van der Waals surface area contributed by atoms with Gasteiger partial charge in [-0.1, -0.05) is 18.2 Å². The molecule has 0 bridgehead atoms. The van der Waals surface area contributed by atoms with Gasteiger partial charge in [0.05, 0.1) is 13.7 Å². The minimum absolute atomic E-state index is 0.0718. The highest BCUT2D eigenvalue weighted by Gasteiger charge is 2.22. The van der Waals surface area contributed by atoms with Crippen molar-refractivity contribution in [3.8, 4) is 5.75 Å². The fourth-order valence-electron chi connectivity index (χ4n) is 1.95. The van der Waals surface area contributed by atoms with Gasteiger partial charge in [-0.2, -0.15) is 0 Å². The Labute approximate surface area is 120 Å². The maximum absolute atomic E-state index is 12.2. The summed E-state index contributed by atoms with van der Waals surface area (Å²) in [5.41, 5.74) is 6.23. The average molecular weight is 280 g/mol. The summed E-state index contributed by atoms with van der Waals surface area (Å²) in [6.45, 7) is 4.23. The van der Waals surface area contributed by atoms with Crippen molar-refractivity contribution in [3.63, 3.8) is 0 Å². The number of rotatable bonds is 7. The van der Waals surface area contributed by atoms with E-state index in [0.29, 0.717) is 6.54 Å². The molecule has 1 amide bonds. The molecule has 1 aromatic carbocycles. The van der Waals surface area contributed by atoms with Gasteiger partial charge >= 0.3 is 0 Å². The summed E-state index contributed by atoms with van der Waals surface area (Å²) in [5.74, 6) is 0.660. The molecule has 0 saturated carbocycles. The maximum atomic E-state index is 12.2. The molecule has 3 N–H and O–H groups in total. The van der Waals surface area contributed by atoms with E-state index in [1.54, 1.807) is 12.0 Å². The minimum Gasteiger partial charge on any atom is -0.496 e. The van der Waals surface area contributed by atoms with Crippen LogP contribution in [0.4, 0.5) is 0 Å². The van der Waals surface area contributed by atoms with Crippen LogP contribution in [0.3, 0.4) is 0 Å². The lowest BCUT2D eigenvalue weighted by atomic mass is 10.0. The second-order valence-electron chi connectivity index (χ2n) is 5.52. The molecular formula is C15H24N2O3. The maximum Gasteiger partial charge on any atom is 0.224 e. The summed E-state index contributed by atoms with van der Waals surface area (Å²) < 4.78 is 5.28. The monoisotopic (exact) mass is 280 g/mol. The fraction of sp³-hybridized carbons (Fsp3) is 0.533. The van der Waals surface area contributed by atoms with E-state index >= 15 is 0 Å². The van der Waals surface area contributed by atoms with Crippen LogP contribution in [-0.4, -0.2) is 41.7 Å². The summed E-state index contributed by atoms with van der Waals surface area (Å²) in [7, 11) is 1.60. The average Bonchev–Trinajstić information content (AvgIpc) is 2.36. The number of amides is 1. The predicted molar refractivity (Wildman–Crippen MR) is 78.4 cm³/mol. The number of nitrogens with two attached hydrogens (primary N) is 1. The Bertz CT molecular complexity index is 441. The predicted octanol–water partition coefficient (Wildman–Crippen LogP) is 1.14. The van der Waals surface area contributed by atoms with Gasteiger partial charge in [-0.05, 0) is 19.9 Å². The van der Waals surface area contributed by atoms with Gasteiger partial charge in [-0.15, -0.1) is 0 Å². The summed E-state index contributed by atoms with van der Waals surface area (Å²) in [6, 6.07) is 7.53. The van der Waals surface area contributed by atoms with E-state index in [9.17, 15) is 4.79 Å². The van der Waals surface area contributed by atoms with Crippen molar-refractivity contribution >= 4 is 5.91 Å². The van der Waals surface area contributed by atoms with Crippen LogP contribution >= 0.6 is 0 Å². The number of carbonyl (C=O) groups excluding carboxylic acids is 1. The fourth-order valence-corrected chi connectivity index (χ4v) is 1.95. The summed E-state index contributed by atoms with van der Waals surface area (Å²) in [5, 5.41) is 9.13. The topological polar surface area (TPSA) is 75.8 Å². The van der Waals surface area contributed by atoms with Gasteiger partial charge in [0.25, 0.3) is 0 Å². The van der Waals surface area contributed by atoms with E-state index in [1.807, 2.05) is 38.1 Å². The van der Waals surface area contributed by atoms with Crippen LogP contribution in [-0.2, 0) is 11.3 Å². The molecule has 5 heteroatoms. The molecule has 0 aromatic heterocycles. The first-order valence-electron chi connectivity index (χ1n) is 6.67. The standard InChI is InChI=1S/C15H24N2O3/c1-15(2,16)10-14(19)17(8-9-18)11-12-6-4-5-7-13(12)20-3/h4-7,18H,8-11,16H2,1-3H3. The zero-order valence-electron chi connectivity index (χ0n) is 12.4. The van der Waals surface area contributed by atoms with Crippen LogP contribution in [0.5, 0.6) is 5.75 Å². The normalized spacial score (nSPS) is 11.2. The Balaban J connectivity index is 2.84. The molecule has 0 spiro atoms. The Hall–Kier alpha value is -1.59. The van der Waals surface area contributed by atoms with Crippen molar-refractivity contribution in [2.75, 3.05) is 20.3 Å². The lowest BCUT2D eigenvalue weighted by molar-refractivity contribution is -0.133. The number of nitrogens with zero attached hydrogens (tertiary/aromatic N) is 1. The van der Waals surface area contributed by atoms with Gasteiger partial charge in [0.2, 0.25) is 5.91 Å². The van der Waals surface area contributed by atoms with Gasteiger partial charge in [0.1, 0.15) is 5.75 Å². The van der Waals surface area contributed by atoms with E-state index in [2.05, 4.69) is 0 Å². The molecule has 0 radical (unpaired) electrons. The first kappa shape index (κ1) is 16.5. The molecule has 5 nitrogen and oxygen atoms in total. The van der Waals surface area contributed by atoms with E-state index < -0.39 is 5.54 Å². The van der Waals surface area contributed by atoms with E-state index in [1.165, 1.54) is 0 Å². The number of para-hydroxylation sites is 1. The number of methoxy groups -OCH3 is 1. The molecular weight excluding hydrogens is 256 g/mol. The molecule has 0 heterocycles. The first-order chi connectivity index (χ1) is 9.37. The Morgan fingerprint density at radius 3 is 2.60 bits per heavy atom. The SMILES string of the molecule is COc1ccccc1CN(CCO)C(=O)CC(C)(C)N. The van der Waals surface area contributed by atoms with Crippen LogP contribution in [0.2, 0.25) is 0 Å². The lowest BCUT2D eigenvalue weighted by Crippen LogP contribution is -2.42. The van der Waals surface area contributed by atoms with Gasteiger partial charge in [-0.25, -0.2) is 0 Å². The van der Waals surface area contributed by atoms with E-state index in [-0.39, 0.29) is 25.5 Å². The number of aliphatic hydroxyl groups is 1. The number of benzene rings is 1. The summed E-state index contributed by atoms with van der Waals surface area (Å²) in [6.07, 6.45) is 0.238. The lowest BCUT2D eigenvalue weighted by Gasteiger charge is -2.26. The highest BCUT2D eigenvalue weighted by Crippen LogP contribution is 2.20. The molecule has 0 atom stereocenters.